The van der Waals surface area contributed by atoms with Gasteiger partial charge in [-0.05, 0) is 171 Å². The third-order valence-electron chi connectivity index (χ3n) is 20.2. The Hall–Kier alpha value is -9.94. The Morgan fingerprint density at radius 2 is 0.471 bits per heavy atom. The quantitative estimate of drug-likeness (QED) is 0.112. The molecule has 102 heavy (non-hydrogen) atoms. The predicted molar refractivity (Wildman–Crippen MR) is 425 cm³/mol. The van der Waals surface area contributed by atoms with Crippen LogP contribution in [0.15, 0.2) is 146 Å². The van der Waals surface area contributed by atoms with Crippen molar-refractivity contribution >= 4 is 45.6 Å². The van der Waals surface area contributed by atoms with Crippen molar-refractivity contribution in [3.8, 4) is 89.8 Å². The molecule has 0 spiro atoms. The van der Waals surface area contributed by atoms with E-state index in [4.69, 9.17) is 19.9 Å². The number of aromatic nitrogens is 6. The largest absolute Gasteiger partial charge is 0.354 e. The number of nitrogens with zero attached hydrogens (tertiary/aromatic N) is 6. The molecule has 0 amide bonds. The van der Waals surface area contributed by atoms with Gasteiger partial charge < -0.3 is 9.97 Å². The van der Waals surface area contributed by atoms with Crippen LogP contribution in [-0.2, 0) is 43.3 Å². The number of H-pyrrole nitrogens is 2. The van der Waals surface area contributed by atoms with Crippen LogP contribution in [0.1, 0.15) is 222 Å². The number of hydrogen-bond acceptors (Lipinski definition) is 8. The van der Waals surface area contributed by atoms with Crippen LogP contribution < -0.4 is 0 Å². The molecule has 524 valence electrons. The molecule has 2 N–H and O–H groups in total. The van der Waals surface area contributed by atoms with Gasteiger partial charge in [0.25, 0.3) is 11.4 Å². The summed E-state index contributed by atoms with van der Waals surface area (Å²) in [4.78, 5) is 56.2. The minimum atomic E-state index is -0.415. The number of benzene rings is 6. The van der Waals surface area contributed by atoms with E-state index in [2.05, 4.69) is 285 Å². The van der Waals surface area contributed by atoms with E-state index in [0.29, 0.717) is 45.3 Å². The summed E-state index contributed by atoms with van der Waals surface area (Å²) in [5, 5.41) is 24.8. The average Bonchev–Trinajstić information content (AvgIpc) is 1.56. The molecule has 6 aromatic carbocycles. The maximum atomic E-state index is 12.4. The van der Waals surface area contributed by atoms with Crippen molar-refractivity contribution in [2.24, 2.45) is 0 Å². The zero-order valence-electron chi connectivity index (χ0n) is 64.3. The zero-order valence-corrected chi connectivity index (χ0v) is 64.3. The minimum Gasteiger partial charge on any atom is -0.354 e. The fourth-order valence-corrected chi connectivity index (χ4v) is 13.5. The lowest BCUT2D eigenvalue weighted by Gasteiger charge is -2.26. The molecule has 0 fully saturated rings. The third-order valence-corrected chi connectivity index (χ3v) is 20.2. The number of nitro groups is 2. The van der Waals surface area contributed by atoms with Gasteiger partial charge in [-0.25, -0.2) is 19.9 Å². The average molecular weight is 1360 g/mol. The Kier molecular flexibility index (Phi) is 17.6. The molecule has 12 heteroatoms. The van der Waals surface area contributed by atoms with E-state index in [1.165, 1.54) is 46.5 Å². The summed E-state index contributed by atoms with van der Waals surface area (Å²) in [6, 6.07) is 49.5. The zero-order chi connectivity index (χ0) is 74.3. The van der Waals surface area contributed by atoms with Crippen molar-refractivity contribution in [1.29, 1.82) is 0 Å². The Balaban J connectivity index is 1.41. The van der Waals surface area contributed by atoms with Gasteiger partial charge in [0.2, 0.25) is 0 Å². The minimum absolute atomic E-state index is 0.0872. The molecule has 12 nitrogen and oxygen atoms in total. The second-order valence-corrected chi connectivity index (χ2v) is 36.5. The lowest BCUT2D eigenvalue weighted by Crippen LogP contribution is -2.16. The van der Waals surface area contributed by atoms with Gasteiger partial charge in [-0.1, -0.05) is 239 Å². The SMILES string of the molecule is CC(C)(C)c1cc(-c2c3nc(c(-c4cc(C(C)(C)C)cc(C(C)(C)C)c4)c4ccc([nH]4)c(-c4cc(C(C)(C)C)cc(C(C)(C)C)c4)c4nc(c(-c5cc(C(C)(C)C)cc(C(C)(C)C)c5)c5ccc2[nH]5)-c2nc(-c5ccc([N+](=O)[O-])cc5)c(-c5ccc([N+](=O)[O-])cc5)nc2-4)C=C3)cc(C(C)(C)C)c1. The number of aromatic amines is 2. The summed E-state index contributed by atoms with van der Waals surface area (Å²) in [7, 11) is 0. The van der Waals surface area contributed by atoms with Gasteiger partial charge in [0, 0.05) is 79.7 Å². The van der Waals surface area contributed by atoms with Crippen LogP contribution in [0.25, 0.3) is 124 Å². The van der Waals surface area contributed by atoms with Crippen LogP contribution >= 0.6 is 0 Å². The van der Waals surface area contributed by atoms with Gasteiger partial charge in [0.05, 0.1) is 32.6 Å². The Labute approximate surface area is 603 Å². The number of nitro benzene ring substituents is 2. The predicted octanol–water partition coefficient (Wildman–Crippen LogP) is 24.8. The van der Waals surface area contributed by atoms with E-state index >= 15 is 0 Å². The highest BCUT2D eigenvalue weighted by Gasteiger charge is 2.35. The van der Waals surface area contributed by atoms with Crippen LogP contribution in [0, 0.1) is 20.2 Å². The first-order chi connectivity index (χ1) is 47.2. The highest BCUT2D eigenvalue weighted by molar-refractivity contribution is 6.05. The fraction of sp³-hybridized carbons (Fsp3) is 0.356. The summed E-state index contributed by atoms with van der Waals surface area (Å²) in [6.45, 7) is 54.4. The summed E-state index contributed by atoms with van der Waals surface area (Å²) in [6.07, 6.45) is 4.39. The number of rotatable bonds is 8. The fourth-order valence-electron chi connectivity index (χ4n) is 13.5. The standard InChI is InChI=1S/C90H100N8O4/c1-83(2,3)57-39-53(40-58(47-57)84(4,5)6)73-67-33-34-68(91-67)74(54-41-59(85(7,8)9)48-60(42-54)86(10,11)12)70-36-38-72(93-70)76(56-45-63(89(19,20)21)50-64(46-56)90(22,23)24)80-82-81(94-77(51-25-29-65(30-26-51)97(99)100)78(95-82)52-27-31-66(32-28-52)98(101)102)79(96-80)75(71-37-35-69(73)92-71)55-43-61(87(13,14)15)49-62(44-55)88(16,17)18/h25-50,92-93H,1-24H3. The monoisotopic (exact) mass is 1360 g/mol. The van der Waals surface area contributed by atoms with Crippen LogP contribution in [0.5, 0.6) is 0 Å². The maximum absolute atomic E-state index is 12.4. The molecular formula is C90H100N8O4. The van der Waals surface area contributed by atoms with Crippen LogP contribution in [0.3, 0.4) is 0 Å². The van der Waals surface area contributed by atoms with E-state index in [1.54, 1.807) is 24.3 Å². The summed E-state index contributed by atoms with van der Waals surface area (Å²) < 4.78 is 0. The van der Waals surface area contributed by atoms with Gasteiger partial charge in [0.15, 0.2) is 0 Å². The van der Waals surface area contributed by atoms with Crippen molar-refractivity contribution in [2.75, 3.05) is 0 Å². The summed E-state index contributed by atoms with van der Waals surface area (Å²) in [5.74, 6) is 0. The summed E-state index contributed by atoms with van der Waals surface area (Å²) in [5.41, 5.74) is 23.2. The van der Waals surface area contributed by atoms with E-state index < -0.39 is 9.85 Å². The van der Waals surface area contributed by atoms with Gasteiger partial charge in [0.1, 0.15) is 22.8 Å². The molecule has 4 aromatic heterocycles. The van der Waals surface area contributed by atoms with Crippen molar-refractivity contribution in [1.82, 2.24) is 29.9 Å². The third kappa shape index (κ3) is 14.1. The number of non-ortho nitro benzene ring substituents is 2. The smallest absolute Gasteiger partial charge is 0.269 e. The molecule has 0 saturated heterocycles. The molecule has 10 aromatic rings. The van der Waals surface area contributed by atoms with Crippen LogP contribution in [0.4, 0.5) is 11.4 Å². The molecule has 6 heterocycles. The molecule has 0 saturated carbocycles. The van der Waals surface area contributed by atoms with Crippen LogP contribution in [-0.4, -0.2) is 39.8 Å². The topological polar surface area (TPSA) is 169 Å². The first-order valence-corrected chi connectivity index (χ1v) is 35.8. The Bertz CT molecular complexity index is 4820. The Morgan fingerprint density at radius 1 is 0.255 bits per heavy atom. The van der Waals surface area contributed by atoms with E-state index in [0.717, 1.165) is 100 Å². The molecule has 0 atom stereocenters. The lowest BCUT2D eigenvalue weighted by atomic mass is 9.78. The number of nitrogens with one attached hydrogen (secondary N) is 2. The second-order valence-electron chi connectivity index (χ2n) is 36.5. The molecule has 12 rings (SSSR count). The normalized spacial score (nSPS) is 13.2. The van der Waals surface area contributed by atoms with Gasteiger partial charge in [-0.15, -0.1) is 0 Å². The highest BCUT2D eigenvalue weighted by atomic mass is 16.6. The number of hydrogen-bond donors (Lipinski definition) is 2. The van der Waals surface area contributed by atoms with E-state index in [1.807, 2.05) is 0 Å². The molecule has 0 aliphatic carbocycles. The first kappa shape index (κ1) is 71.9. The van der Waals surface area contributed by atoms with Gasteiger partial charge in [-0.2, -0.15) is 0 Å². The van der Waals surface area contributed by atoms with Crippen molar-refractivity contribution in [2.45, 2.75) is 209 Å². The molecule has 0 radical (unpaired) electrons. The molecular weight excluding hydrogens is 1260 g/mol. The van der Waals surface area contributed by atoms with E-state index in [-0.39, 0.29) is 54.7 Å². The number of fused-ring (bicyclic) bond motifs is 11. The highest BCUT2D eigenvalue weighted by Crippen LogP contribution is 2.51. The molecule has 2 aliphatic heterocycles. The van der Waals surface area contributed by atoms with E-state index in [9.17, 15) is 20.2 Å². The summed E-state index contributed by atoms with van der Waals surface area (Å²) >= 11 is 0. The van der Waals surface area contributed by atoms with Gasteiger partial charge in [-0.3, -0.25) is 20.2 Å². The van der Waals surface area contributed by atoms with Crippen molar-refractivity contribution < 1.29 is 9.85 Å². The van der Waals surface area contributed by atoms with Crippen molar-refractivity contribution in [3.05, 3.63) is 222 Å². The second kappa shape index (κ2) is 24.9. The van der Waals surface area contributed by atoms with Crippen molar-refractivity contribution in [3.63, 3.8) is 0 Å². The lowest BCUT2D eigenvalue weighted by molar-refractivity contribution is -0.385. The molecule has 2 aliphatic rings. The molecule has 8 bridgehead atoms. The first-order valence-electron chi connectivity index (χ1n) is 35.8. The van der Waals surface area contributed by atoms with Crippen LogP contribution in [0.2, 0.25) is 0 Å². The maximum Gasteiger partial charge on any atom is 0.269 e. The van der Waals surface area contributed by atoms with Gasteiger partial charge >= 0.3 is 0 Å². The Morgan fingerprint density at radius 3 is 0.696 bits per heavy atom. The molecule has 0 unspecified atom stereocenters.